The third kappa shape index (κ3) is 3.88. The molecule has 2 aromatic rings. The Hall–Kier alpha value is -0.210. The summed E-state index contributed by atoms with van der Waals surface area (Å²) < 4.78 is 7.07. The molecule has 0 aliphatic heterocycles. The van der Waals surface area contributed by atoms with Gasteiger partial charge in [0.1, 0.15) is 4.88 Å². The van der Waals surface area contributed by atoms with Crippen molar-refractivity contribution in [3.8, 4) is 0 Å². The van der Waals surface area contributed by atoms with Crippen molar-refractivity contribution in [1.29, 1.82) is 0 Å². The van der Waals surface area contributed by atoms with Gasteiger partial charge in [0.05, 0.1) is 13.0 Å². The second kappa shape index (κ2) is 6.49. The third-order valence-electron chi connectivity index (χ3n) is 2.03. The fourth-order valence-corrected chi connectivity index (χ4v) is 4.08. The normalized spacial score (nSPS) is 10.5. The van der Waals surface area contributed by atoms with Crippen LogP contribution < -0.4 is 0 Å². The zero-order valence-corrected chi connectivity index (χ0v) is 14.7. The molecule has 3 nitrogen and oxygen atoms in total. The van der Waals surface area contributed by atoms with E-state index in [-0.39, 0.29) is 12.4 Å². The predicted octanol–water partition coefficient (Wildman–Crippen LogP) is 5.03. The SMILES string of the molecule is O=C(COC(=O)c1cc(Br)c(Br)s1)c1ccc(Cl)s1. The average molecular weight is 445 g/mol. The van der Waals surface area contributed by atoms with Crippen LogP contribution in [-0.4, -0.2) is 18.4 Å². The van der Waals surface area contributed by atoms with Crippen molar-refractivity contribution in [2.75, 3.05) is 6.61 Å². The van der Waals surface area contributed by atoms with Crippen LogP contribution in [0.1, 0.15) is 19.3 Å². The highest BCUT2D eigenvalue weighted by Crippen LogP contribution is 2.32. The largest absolute Gasteiger partial charge is 0.453 e. The molecule has 0 bridgehead atoms. The van der Waals surface area contributed by atoms with Crippen LogP contribution in [0.4, 0.5) is 0 Å². The van der Waals surface area contributed by atoms with Crippen molar-refractivity contribution >= 4 is 77.9 Å². The van der Waals surface area contributed by atoms with E-state index in [4.69, 9.17) is 16.3 Å². The summed E-state index contributed by atoms with van der Waals surface area (Å²) in [4.78, 5) is 24.4. The van der Waals surface area contributed by atoms with Crippen molar-refractivity contribution in [2.24, 2.45) is 0 Å². The van der Waals surface area contributed by atoms with Gasteiger partial charge in [0.15, 0.2) is 6.61 Å². The van der Waals surface area contributed by atoms with Crippen molar-refractivity contribution in [3.05, 3.63) is 40.5 Å². The summed E-state index contributed by atoms with van der Waals surface area (Å²) in [6, 6.07) is 4.89. The van der Waals surface area contributed by atoms with Gasteiger partial charge in [-0.1, -0.05) is 11.6 Å². The monoisotopic (exact) mass is 442 g/mol. The lowest BCUT2D eigenvalue weighted by atomic mass is 10.3. The summed E-state index contributed by atoms with van der Waals surface area (Å²) in [6.45, 7) is -0.289. The van der Waals surface area contributed by atoms with Crippen LogP contribution in [0.5, 0.6) is 0 Å². The molecule has 2 heterocycles. The molecule has 0 spiro atoms. The van der Waals surface area contributed by atoms with Gasteiger partial charge in [-0.15, -0.1) is 22.7 Å². The Kier molecular flexibility index (Phi) is 5.19. The standard InChI is InChI=1S/C11H5Br2ClO3S2/c12-5-3-8(19-10(5)13)11(16)17-4-6(15)7-1-2-9(14)18-7/h1-3H,4H2. The first-order valence-electron chi connectivity index (χ1n) is 4.88. The van der Waals surface area contributed by atoms with Crippen LogP contribution in [0.15, 0.2) is 26.5 Å². The Morgan fingerprint density at radius 1 is 1.21 bits per heavy atom. The van der Waals surface area contributed by atoms with Crippen molar-refractivity contribution in [1.82, 2.24) is 0 Å². The minimum absolute atomic E-state index is 0.264. The molecule has 0 amide bonds. The van der Waals surface area contributed by atoms with Gasteiger partial charge in [0.2, 0.25) is 5.78 Å². The van der Waals surface area contributed by atoms with Crippen LogP contribution >= 0.6 is 66.1 Å². The third-order valence-corrected chi connectivity index (χ3v) is 6.54. The van der Waals surface area contributed by atoms with Crippen molar-refractivity contribution in [2.45, 2.75) is 0 Å². The smallest absolute Gasteiger partial charge is 0.348 e. The summed E-state index contributed by atoms with van der Waals surface area (Å²) in [6.07, 6.45) is 0. The van der Waals surface area contributed by atoms with Crippen molar-refractivity contribution < 1.29 is 14.3 Å². The Labute approximate surface area is 138 Å². The second-order valence-electron chi connectivity index (χ2n) is 3.34. The number of hydrogen-bond donors (Lipinski definition) is 0. The van der Waals surface area contributed by atoms with E-state index < -0.39 is 5.97 Å². The molecule has 0 saturated heterocycles. The van der Waals surface area contributed by atoms with E-state index >= 15 is 0 Å². The summed E-state index contributed by atoms with van der Waals surface area (Å²) in [5.74, 6) is -0.785. The first kappa shape index (κ1) is 15.2. The highest BCUT2D eigenvalue weighted by atomic mass is 79.9. The molecular formula is C11H5Br2ClO3S2. The van der Waals surface area contributed by atoms with Gasteiger partial charge in [0, 0.05) is 4.47 Å². The van der Waals surface area contributed by atoms with Gasteiger partial charge >= 0.3 is 5.97 Å². The number of ether oxygens (including phenoxy) is 1. The summed E-state index contributed by atoms with van der Waals surface area (Å²) in [7, 11) is 0. The number of hydrogen-bond acceptors (Lipinski definition) is 5. The van der Waals surface area contributed by atoms with E-state index in [1.54, 1.807) is 18.2 Å². The molecule has 8 heteroatoms. The van der Waals surface area contributed by atoms with E-state index in [1.165, 1.54) is 11.3 Å². The molecule has 0 atom stereocenters. The zero-order valence-electron chi connectivity index (χ0n) is 9.11. The van der Waals surface area contributed by atoms with Gasteiger partial charge in [-0.2, -0.15) is 0 Å². The van der Waals surface area contributed by atoms with Crippen LogP contribution in [0.3, 0.4) is 0 Å². The number of halogens is 3. The number of ketones is 1. The molecular weight excluding hydrogens is 440 g/mol. The molecule has 0 N–H and O–H groups in total. The highest BCUT2D eigenvalue weighted by Gasteiger charge is 2.16. The zero-order chi connectivity index (χ0) is 14.0. The number of thiophene rings is 2. The van der Waals surface area contributed by atoms with E-state index in [0.717, 1.165) is 19.6 Å². The van der Waals surface area contributed by atoms with Gasteiger partial charge in [0.25, 0.3) is 0 Å². The lowest BCUT2D eigenvalue weighted by Gasteiger charge is -2.00. The second-order valence-corrected chi connectivity index (χ2v) is 8.27. The molecule has 0 aliphatic carbocycles. The van der Waals surface area contributed by atoms with Gasteiger partial charge < -0.3 is 4.74 Å². The lowest BCUT2D eigenvalue weighted by Crippen LogP contribution is -2.12. The maximum Gasteiger partial charge on any atom is 0.348 e. The minimum atomic E-state index is -0.521. The number of carbonyl (C=O) groups is 2. The maximum atomic E-state index is 11.7. The van der Waals surface area contributed by atoms with E-state index in [9.17, 15) is 9.59 Å². The summed E-state index contributed by atoms with van der Waals surface area (Å²) >= 11 is 14.7. The number of Topliss-reactive ketones (excluding diaryl/α,β-unsaturated/α-hetero) is 1. The number of carbonyl (C=O) groups excluding carboxylic acids is 2. The van der Waals surface area contributed by atoms with Gasteiger partial charge in [-0.3, -0.25) is 4.79 Å². The van der Waals surface area contributed by atoms with Crippen molar-refractivity contribution in [3.63, 3.8) is 0 Å². The first-order valence-corrected chi connectivity index (χ1v) is 8.47. The maximum absolute atomic E-state index is 11.7. The minimum Gasteiger partial charge on any atom is -0.453 e. The van der Waals surface area contributed by atoms with Crippen LogP contribution in [0.2, 0.25) is 4.34 Å². The highest BCUT2D eigenvalue weighted by molar-refractivity contribution is 9.13. The summed E-state index contributed by atoms with van der Waals surface area (Å²) in [5.41, 5.74) is 0. The molecule has 0 radical (unpaired) electrons. The Bertz CT molecular complexity index is 616. The molecule has 100 valence electrons. The molecule has 19 heavy (non-hydrogen) atoms. The topological polar surface area (TPSA) is 43.4 Å². The van der Waals surface area contributed by atoms with E-state index in [1.807, 2.05) is 0 Å². The average Bonchev–Trinajstić information content (AvgIpc) is 2.93. The Balaban J connectivity index is 1.95. The summed E-state index contributed by atoms with van der Waals surface area (Å²) in [5, 5.41) is 0. The molecule has 0 fully saturated rings. The molecule has 0 aliphatic rings. The van der Waals surface area contributed by atoms with Crippen LogP contribution in [0, 0.1) is 0 Å². The van der Waals surface area contributed by atoms with Gasteiger partial charge in [-0.25, -0.2) is 4.79 Å². The van der Waals surface area contributed by atoms with E-state index in [0.29, 0.717) is 14.1 Å². The lowest BCUT2D eigenvalue weighted by molar-refractivity contribution is 0.0480. The Morgan fingerprint density at radius 2 is 1.95 bits per heavy atom. The van der Waals surface area contributed by atoms with Gasteiger partial charge in [-0.05, 0) is 50.1 Å². The molecule has 2 aromatic heterocycles. The number of rotatable bonds is 4. The van der Waals surface area contributed by atoms with E-state index in [2.05, 4.69) is 31.9 Å². The number of esters is 1. The predicted molar refractivity (Wildman–Crippen MR) is 83.7 cm³/mol. The fourth-order valence-electron chi connectivity index (χ4n) is 1.18. The first-order chi connectivity index (χ1) is 8.97. The molecule has 0 aromatic carbocycles. The quantitative estimate of drug-likeness (QED) is 0.491. The fraction of sp³-hybridized carbons (Fsp3) is 0.0909. The molecule has 0 saturated carbocycles. The van der Waals surface area contributed by atoms with Crippen LogP contribution in [-0.2, 0) is 4.74 Å². The molecule has 2 rings (SSSR count). The van der Waals surface area contributed by atoms with Crippen LogP contribution in [0.25, 0.3) is 0 Å². The Morgan fingerprint density at radius 3 is 2.47 bits per heavy atom. The molecule has 0 unspecified atom stereocenters.